The van der Waals surface area contributed by atoms with Crippen LogP contribution in [0.1, 0.15) is 5.56 Å². The number of pyridine rings is 1. The van der Waals surface area contributed by atoms with E-state index in [1.807, 2.05) is 6.07 Å². The molecule has 0 aliphatic carbocycles. The maximum absolute atomic E-state index is 11.4. The molecule has 15 heavy (non-hydrogen) atoms. The zero-order valence-electron chi connectivity index (χ0n) is 8.15. The Labute approximate surface area is 92.8 Å². The van der Waals surface area contributed by atoms with Gasteiger partial charge in [0.2, 0.25) is 5.91 Å². The number of morpholine rings is 1. The third kappa shape index (κ3) is 2.67. The van der Waals surface area contributed by atoms with Crippen molar-refractivity contribution in [1.82, 2.24) is 9.88 Å². The minimum Gasteiger partial charge on any atom is -0.370 e. The number of hydrogen-bond donors (Lipinski definition) is 0. The molecule has 2 rings (SSSR count). The van der Waals surface area contributed by atoms with Crippen LogP contribution < -0.4 is 0 Å². The van der Waals surface area contributed by atoms with E-state index < -0.39 is 0 Å². The Morgan fingerprint density at radius 1 is 1.53 bits per heavy atom. The average Bonchev–Trinajstić information content (AvgIpc) is 2.25. The van der Waals surface area contributed by atoms with Gasteiger partial charge in [-0.2, -0.15) is 0 Å². The number of ether oxygens (including phenoxy) is 1. The largest absolute Gasteiger partial charge is 0.370 e. The first-order valence-electron chi connectivity index (χ1n) is 4.71. The molecule has 80 valence electrons. The molecule has 1 aromatic rings. The fourth-order valence-corrected chi connectivity index (χ4v) is 1.55. The maximum atomic E-state index is 11.4. The van der Waals surface area contributed by atoms with Crippen molar-refractivity contribution >= 4 is 17.5 Å². The van der Waals surface area contributed by atoms with E-state index in [0.29, 0.717) is 24.8 Å². The van der Waals surface area contributed by atoms with E-state index in [0.717, 1.165) is 5.56 Å². The Morgan fingerprint density at radius 2 is 2.40 bits per heavy atom. The number of rotatable bonds is 2. The summed E-state index contributed by atoms with van der Waals surface area (Å²) in [5, 5.41) is 0.465. The third-order valence-electron chi connectivity index (χ3n) is 2.25. The van der Waals surface area contributed by atoms with Gasteiger partial charge < -0.3 is 9.64 Å². The van der Waals surface area contributed by atoms with E-state index in [1.54, 1.807) is 17.2 Å². The highest BCUT2D eigenvalue weighted by molar-refractivity contribution is 6.29. The molecule has 1 aromatic heterocycles. The second-order valence-electron chi connectivity index (χ2n) is 3.36. The van der Waals surface area contributed by atoms with Crippen LogP contribution in [-0.2, 0) is 16.1 Å². The fraction of sp³-hybridized carbons (Fsp3) is 0.400. The smallest absolute Gasteiger partial charge is 0.248 e. The summed E-state index contributed by atoms with van der Waals surface area (Å²) in [6, 6.07) is 3.60. The topological polar surface area (TPSA) is 42.4 Å². The van der Waals surface area contributed by atoms with Crippen LogP contribution in [0, 0.1) is 0 Å². The minimum absolute atomic E-state index is 0.0243. The number of halogens is 1. The lowest BCUT2D eigenvalue weighted by Crippen LogP contribution is -2.40. The predicted molar refractivity (Wildman–Crippen MR) is 55.5 cm³/mol. The molecule has 0 unspecified atom stereocenters. The van der Waals surface area contributed by atoms with Gasteiger partial charge >= 0.3 is 0 Å². The molecule has 1 saturated heterocycles. The lowest BCUT2D eigenvalue weighted by Gasteiger charge is -2.26. The standard InChI is InChI=1S/C10H11ClN2O2/c11-9-2-1-8(5-12-9)6-13-3-4-15-7-10(13)14/h1-2,5H,3-4,6-7H2. The van der Waals surface area contributed by atoms with Crippen molar-refractivity contribution in [3.63, 3.8) is 0 Å². The number of carbonyl (C=O) groups is 1. The van der Waals surface area contributed by atoms with Gasteiger partial charge in [-0.3, -0.25) is 4.79 Å². The summed E-state index contributed by atoms with van der Waals surface area (Å²) < 4.78 is 5.04. The van der Waals surface area contributed by atoms with Gasteiger partial charge in [-0.1, -0.05) is 17.7 Å². The van der Waals surface area contributed by atoms with Crippen LogP contribution in [0.25, 0.3) is 0 Å². The first kappa shape index (κ1) is 10.4. The van der Waals surface area contributed by atoms with Crippen molar-refractivity contribution in [2.24, 2.45) is 0 Å². The van der Waals surface area contributed by atoms with E-state index in [-0.39, 0.29) is 12.5 Å². The molecule has 2 heterocycles. The van der Waals surface area contributed by atoms with Crippen molar-refractivity contribution in [2.75, 3.05) is 19.8 Å². The lowest BCUT2D eigenvalue weighted by molar-refractivity contribution is -0.143. The zero-order chi connectivity index (χ0) is 10.7. The van der Waals surface area contributed by atoms with Crippen LogP contribution >= 0.6 is 11.6 Å². The van der Waals surface area contributed by atoms with Crippen LogP contribution in [0.4, 0.5) is 0 Å². The summed E-state index contributed by atoms with van der Waals surface area (Å²) in [4.78, 5) is 17.1. The van der Waals surface area contributed by atoms with Crippen LogP contribution in [0.3, 0.4) is 0 Å². The van der Waals surface area contributed by atoms with Crippen molar-refractivity contribution in [1.29, 1.82) is 0 Å². The molecule has 1 amide bonds. The van der Waals surface area contributed by atoms with E-state index in [9.17, 15) is 4.79 Å². The number of amides is 1. The van der Waals surface area contributed by atoms with Crippen molar-refractivity contribution < 1.29 is 9.53 Å². The molecule has 0 N–H and O–H groups in total. The highest BCUT2D eigenvalue weighted by atomic mass is 35.5. The van der Waals surface area contributed by atoms with Crippen LogP contribution in [0.15, 0.2) is 18.3 Å². The normalized spacial score (nSPS) is 16.9. The van der Waals surface area contributed by atoms with Crippen LogP contribution in [0.2, 0.25) is 5.15 Å². The Balaban J connectivity index is 2.01. The van der Waals surface area contributed by atoms with Gasteiger partial charge in [0.25, 0.3) is 0 Å². The second kappa shape index (κ2) is 4.59. The Morgan fingerprint density at radius 3 is 3.07 bits per heavy atom. The molecule has 0 saturated carbocycles. The molecule has 1 fully saturated rings. The Hall–Kier alpha value is -1.13. The quantitative estimate of drug-likeness (QED) is 0.709. The third-order valence-corrected chi connectivity index (χ3v) is 2.47. The van der Waals surface area contributed by atoms with Gasteiger partial charge in [0.15, 0.2) is 0 Å². The molecular formula is C10H11ClN2O2. The van der Waals surface area contributed by atoms with E-state index >= 15 is 0 Å². The number of carbonyl (C=O) groups excluding carboxylic acids is 1. The Kier molecular flexibility index (Phi) is 3.18. The van der Waals surface area contributed by atoms with Crippen molar-refractivity contribution in [3.05, 3.63) is 29.0 Å². The summed E-state index contributed by atoms with van der Waals surface area (Å²) >= 11 is 5.67. The predicted octanol–water partition coefficient (Wildman–Crippen LogP) is 1.09. The van der Waals surface area contributed by atoms with Gasteiger partial charge in [-0.25, -0.2) is 4.98 Å². The molecule has 0 spiro atoms. The second-order valence-corrected chi connectivity index (χ2v) is 3.74. The number of nitrogens with zero attached hydrogens (tertiary/aromatic N) is 2. The van der Waals surface area contributed by atoms with E-state index in [2.05, 4.69) is 4.98 Å². The first-order valence-corrected chi connectivity index (χ1v) is 5.09. The average molecular weight is 227 g/mol. The van der Waals surface area contributed by atoms with Crippen molar-refractivity contribution in [2.45, 2.75) is 6.54 Å². The summed E-state index contributed by atoms with van der Waals surface area (Å²) in [6.45, 7) is 2.00. The lowest BCUT2D eigenvalue weighted by atomic mass is 10.2. The van der Waals surface area contributed by atoms with E-state index in [1.165, 1.54) is 0 Å². The zero-order valence-corrected chi connectivity index (χ0v) is 8.91. The molecule has 4 nitrogen and oxygen atoms in total. The van der Waals surface area contributed by atoms with Crippen molar-refractivity contribution in [3.8, 4) is 0 Å². The first-order chi connectivity index (χ1) is 7.25. The summed E-state index contributed by atoms with van der Waals surface area (Å²) in [5.74, 6) is 0.0243. The molecule has 0 aromatic carbocycles. The number of aromatic nitrogens is 1. The molecule has 0 bridgehead atoms. The monoisotopic (exact) mass is 226 g/mol. The number of hydrogen-bond acceptors (Lipinski definition) is 3. The highest BCUT2D eigenvalue weighted by Crippen LogP contribution is 2.09. The molecule has 1 aliphatic rings. The SMILES string of the molecule is O=C1COCCN1Cc1ccc(Cl)nc1. The molecule has 1 aliphatic heterocycles. The van der Waals surface area contributed by atoms with Gasteiger partial charge in [-0.05, 0) is 11.6 Å². The summed E-state index contributed by atoms with van der Waals surface area (Å²) in [6.07, 6.45) is 1.69. The maximum Gasteiger partial charge on any atom is 0.248 e. The van der Waals surface area contributed by atoms with Gasteiger partial charge in [0.1, 0.15) is 11.8 Å². The van der Waals surface area contributed by atoms with Gasteiger partial charge in [0.05, 0.1) is 6.61 Å². The molecular weight excluding hydrogens is 216 g/mol. The summed E-state index contributed by atoms with van der Waals surface area (Å²) in [5.41, 5.74) is 0.981. The minimum atomic E-state index is 0.0243. The van der Waals surface area contributed by atoms with Crippen LogP contribution in [0.5, 0.6) is 0 Å². The fourth-order valence-electron chi connectivity index (χ4n) is 1.44. The summed E-state index contributed by atoms with van der Waals surface area (Å²) in [7, 11) is 0. The van der Waals surface area contributed by atoms with Gasteiger partial charge in [-0.15, -0.1) is 0 Å². The Bertz CT molecular complexity index is 353. The van der Waals surface area contributed by atoms with Crippen LogP contribution in [-0.4, -0.2) is 35.5 Å². The highest BCUT2D eigenvalue weighted by Gasteiger charge is 2.18. The molecule has 5 heteroatoms. The molecule has 0 radical (unpaired) electrons. The van der Waals surface area contributed by atoms with E-state index in [4.69, 9.17) is 16.3 Å². The molecule has 0 atom stereocenters. The van der Waals surface area contributed by atoms with Gasteiger partial charge in [0, 0.05) is 19.3 Å².